The Morgan fingerprint density at radius 2 is 1.74 bits per heavy atom. The molecule has 0 saturated carbocycles. The van der Waals surface area contributed by atoms with E-state index in [1.165, 1.54) is 18.2 Å². The summed E-state index contributed by atoms with van der Waals surface area (Å²) in [5, 5.41) is -0.0734. The maximum absolute atomic E-state index is 12.1. The van der Waals surface area contributed by atoms with Crippen LogP contribution in [0, 0.1) is 6.92 Å². The number of sulfonamides is 1. The second-order valence-electron chi connectivity index (χ2n) is 3.76. The molecule has 100 valence electrons. The third kappa shape index (κ3) is 3.56. The first kappa shape index (κ1) is 14.0. The molecule has 0 radical (unpaired) electrons. The number of rotatable bonds is 3. The number of halogens is 2. The van der Waals surface area contributed by atoms with Gasteiger partial charge in [0.15, 0.2) is 0 Å². The molecule has 1 heterocycles. The second-order valence-corrected chi connectivity index (χ2v) is 6.17. The van der Waals surface area contributed by atoms with Crippen molar-refractivity contribution < 1.29 is 8.42 Å². The number of hydrogen-bond donors (Lipinski definition) is 1. The molecule has 2 rings (SSSR count). The lowest BCUT2D eigenvalue weighted by Gasteiger charge is -2.07. The van der Waals surface area contributed by atoms with Crippen LogP contribution in [0.25, 0.3) is 0 Å². The zero-order valence-corrected chi connectivity index (χ0v) is 12.1. The summed E-state index contributed by atoms with van der Waals surface area (Å²) in [6.45, 7) is 1.87. The molecule has 0 unspecified atom stereocenters. The Labute approximate surface area is 120 Å². The van der Waals surface area contributed by atoms with E-state index < -0.39 is 10.0 Å². The van der Waals surface area contributed by atoms with Gasteiger partial charge in [0.2, 0.25) is 5.28 Å². The van der Waals surface area contributed by atoms with Gasteiger partial charge >= 0.3 is 0 Å². The molecule has 0 saturated heterocycles. The lowest BCUT2D eigenvalue weighted by atomic mass is 10.2. The van der Waals surface area contributed by atoms with Crippen LogP contribution in [-0.4, -0.2) is 18.4 Å². The van der Waals surface area contributed by atoms with E-state index >= 15 is 0 Å². The van der Waals surface area contributed by atoms with Gasteiger partial charge in [-0.2, -0.15) is 4.98 Å². The molecule has 1 aromatic carbocycles. The van der Waals surface area contributed by atoms with E-state index in [2.05, 4.69) is 14.7 Å². The number of anilines is 1. The lowest BCUT2D eigenvalue weighted by Crippen LogP contribution is -2.14. The molecule has 0 aliphatic carbocycles. The number of benzene rings is 1. The molecule has 0 amide bonds. The van der Waals surface area contributed by atoms with Crippen LogP contribution in [-0.2, 0) is 10.0 Å². The van der Waals surface area contributed by atoms with E-state index in [-0.39, 0.29) is 21.2 Å². The molecule has 0 atom stereocenters. The van der Waals surface area contributed by atoms with Crippen molar-refractivity contribution in [1.29, 1.82) is 0 Å². The van der Waals surface area contributed by atoms with E-state index in [1.807, 2.05) is 6.92 Å². The number of nitrogens with zero attached hydrogens (tertiary/aromatic N) is 2. The average Bonchev–Trinajstić information content (AvgIpc) is 2.27. The van der Waals surface area contributed by atoms with Crippen LogP contribution < -0.4 is 4.72 Å². The van der Waals surface area contributed by atoms with Crippen molar-refractivity contribution >= 4 is 39.0 Å². The highest BCUT2D eigenvalue weighted by atomic mass is 35.5. The molecule has 0 spiro atoms. The minimum Gasteiger partial charge on any atom is -0.263 e. The van der Waals surface area contributed by atoms with Crippen LogP contribution in [0.5, 0.6) is 0 Å². The molecule has 19 heavy (non-hydrogen) atoms. The van der Waals surface area contributed by atoms with Crippen LogP contribution in [0.3, 0.4) is 0 Å². The molecule has 0 aliphatic rings. The van der Waals surface area contributed by atoms with Crippen LogP contribution in [0.2, 0.25) is 10.4 Å². The molecule has 8 heteroatoms. The monoisotopic (exact) mass is 317 g/mol. The van der Waals surface area contributed by atoms with Gasteiger partial charge in [0.05, 0.1) is 4.90 Å². The van der Waals surface area contributed by atoms with Gasteiger partial charge < -0.3 is 0 Å². The molecular weight excluding hydrogens is 309 g/mol. The van der Waals surface area contributed by atoms with Crippen LogP contribution in [0.4, 0.5) is 5.82 Å². The van der Waals surface area contributed by atoms with Crippen molar-refractivity contribution in [2.75, 3.05) is 4.72 Å². The van der Waals surface area contributed by atoms with Crippen molar-refractivity contribution in [3.63, 3.8) is 0 Å². The van der Waals surface area contributed by atoms with Crippen molar-refractivity contribution in [2.24, 2.45) is 0 Å². The lowest BCUT2D eigenvalue weighted by molar-refractivity contribution is 0.601. The quantitative estimate of drug-likeness (QED) is 0.698. The maximum Gasteiger partial charge on any atom is 0.263 e. The molecule has 1 N–H and O–H groups in total. The Kier molecular flexibility index (Phi) is 3.93. The van der Waals surface area contributed by atoms with Crippen LogP contribution in [0.15, 0.2) is 35.2 Å². The predicted molar refractivity (Wildman–Crippen MR) is 74.0 cm³/mol. The number of aromatic nitrogens is 2. The molecule has 5 nitrogen and oxygen atoms in total. The molecule has 0 aliphatic heterocycles. The topological polar surface area (TPSA) is 72.0 Å². The molecule has 0 bridgehead atoms. The SMILES string of the molecule is Cc1ccc(S(=O)(=O)Nc2cc(Cl)nc(Cl)n2)cc1. The van der Waals surface area contributed by atoms with Crippen LogP contribution >= 0.6 is 23.2 Å². The van der Waals surface area contributed by atoms with E-state index in [0.717, 1.165) is 5.56 Å². The van der Waals surface area contributed by atoms with Gasteiger partial charge in [-0.25, -0.2) is 13.4 Å². The molecule has 1 aromatic heterocycles. The average molecular weight is 318 g/mol. The highest BCUT2D eigenvalue weighted by molar-refractivity contribution is 7.92. The predicted octanol–water partition coefficient (Wildman–Crippen LogP) is 2.89. The zero-order chi connectivity index (χ0) is 14.0. The minimum absolute atomic E-state index is 0.0191. The summed E-state index contributed by atoms with van der Waals surface area (Å²) in [5.41, 5.74) is 0.965. The van der Waals surface area contributed by atoms with E-state index in [1.54, 1.807) is 12.1 Å². The van der Waals surface area contributed by atoms with Gasteiger partial charge in [-0.1, -0.05) is 29.3 Å². The fraction of sp³-hybridized carbons (Fsp3) is 0.0909. The van der Waals surface area contributed by atoms with Gasteiger partial charge in [-0.15, -0.1) is 0 Å². The van der Waals surface area contributed by atoms with E-state index in [0.29, 0.717) is 0 Å². The first-order valence-electron chi connectivity index (χ1n) is 5.16. The van der Waals surface area contributed by atoms with E-state index in [9.17, 15) is 8.42 Å². The van der Waals surface area contributed by atoms with Gasteiger partial charge in [0.25, 0.3) is 10.0 Å². The summed E-state index contributed by atoms with van der Waals surface area (Å²) in [4.78, 5) is 7.50. The molecule has 0 fully saturated rings. The Morgan fingerprint density at radius 3 is 2.32 bits per heavy atom. The highest BCUT2D eigenvalue weighted by Gasteiger charge is 2.15. The van der Waals surface area contributed by atoms with Crippen molar-refractivity contribution in [2.45, 2.75) is 11.8 Å². The van der Waals surface area contributed by atoms with Crippen molar-refractivity contribution in [1.82, 2.24) is 9.97 Å². The Hall–Kier alpha value is -1.37. The summed E-state index contributed by atoms with van der Waals surface area (Å²) in [7, 11) is -3.72. The van der Waals surface area contributed by atoms with Gasteiger partial charge in [0, 0.05) is 6.07 Å². The Balaban J connectivity index is 2.33. The smallest absolute Gasteiger partial charge is 0.263 e. The third-order valence-corrected chi connectivity index (χ3v) is 3.97. The van der Waals surface area contributed by atoms with E-state index in [4.69, 9.17) is 23.2 Å². The Morgan fingerprint density at radius 1 is 1.11 bits per heavy atom. The fourth-order valence-corrected chi connectivity index (χ4v) is 2.76. The number of hydrogen-bond acceptors (Lipinski definition) is 4. The maximum atomic E-state index is 12.1. The summed E-state index contributed by atoms with van der Waals surface area (Å²) in [6, 6.07) is 7.69. The summed E-state index contributed by atoms with van der Waals surface area (Å²) in [5.74, 6) is 0.0191. The molecular formula is C11H9Cl2N3O2S. The highest BCUT2D eigenvalue weighted by Crippen LogP contribution is 2.18. The van der Waals surface area contributed by atoms with Crippen molar-refractivity contribution in [3.8, 4) is 0 Å². The van der Waals surface area contributed by atoms with Gasteiger partial charge in [-0.05, 0) is 30.7 Å². The number of aryl methyl sites for hydroxylation is 1. The van der Waals surface area contributed by atoms with Crippen molar-refractivity contribution in [3.05, 3.63) is 46.3 Å². The van der Waals surface area contributed by atoms with Gasteiger partial charge in [0.1, 0.15) is 11.0 Å². The van der Waals surface area contributed by atoms with Gasteiger partial charge in [-0.3, -0.25) is 4.72 Å². The fourth-order valence-electron chi connectivity index (χ4n) is 1.36. The summed E-state index contributed by atoms with van der Waals surface area (Å²) >= 11 is 11.3. The minimum atomic E-state index is -3.72. The summed E-state index contributed by atoms with van der Waals surface area (Å²) in [6.07, 6.45) is 0. The summed E-state index contributed by atoms with van der Waals surface area (Å²) < 4.78 is 26.4. The Bertz CT molecular complexity index is 682. The normalized spacial score (nSPS) is 11.3. The standard InChI is InChI=1S/C11H9Cl2N3O2S/c1-7-2-4-8(5-3-7)19(17,18)16-10-6-9(12)14-11(13)15-10/h2-6H,1H3,(H,14,15,16). The molecule has 2 aromatic rings. The largest absolute Gasteiger partial charge is 0.263 e. The van der Waals surface area contributed by atoms with Crippen LogP contribution in [0.1, 0.15) is 5.56 Å². The second kappa shape index (κ2) is 5.32. The zero-order valence-electron chi connectivity index (χ0n) is 9.76. The first-order valence-corrected chi connectivity index (χ1v) is 7.40. The number of nitrogens with one attached hydrogen (secondary N) is 1. The third-order valence-electron chi connectivity index (χ3n) is 2.24. The first-order chi connectivity index (χ1) is 8.87.